The van der Waals surface area contributed by atoms with Crippen LogP contribution in [0.25, 0.3) is 0 Å². The van der Waals surface area contributed by atoms with Crippen molar-refractivity contribution in [3.63, 3.8) is 0 Å². The highest BCUT2D eigenvalue weighted by molar-refractivity contribution is 5.86. The molecule has 0 saturated carbocycles. The van der Waals surface area contributed by atoms with E-state index in [9.17, 15) is 4.79 Å². The van der Waals surface area contributed by atoms with Crippen molar-refractivity contribution >= 4 is 30.7 Å². The van der Waals surface area contributed by atoms with Gasteiger partial charge < -0.3 is 20.3 Å². The third-order valence-electron chi connectivity index (χ3n) is 4.61. The van der Waals surface area contributed by atoms with Crippen LogP contribution in [0.2, 0.25) is 0 Å². The van der Waals surface area contributed by atoms with E-state index in [0.29, 0.717) is 5.92 Å². The number of ether oxygens (including phenoxy) is 1. The second-order valence-electron chi connectivity index (χ2n) is 5.91. The number of hydrogen-bond donors (Lipinski definition) is 2. The zero-order valence-corrected chi connectivity index (χ0v) is 14.7. The van der Waals surface area contributed by atoms with Gasteiger partial charge in [0, 0.05) is 13.7 Å². The highest BCUT2D eigenvalue weighted by Gasteiger charge is 2.39. The average molecular weight is 342 g/mol. The molecule has 2 fully saturated rings. The van der Waals surface area contributed by atoms with Crippen molar-refractivity contribution < 1.29 is 9.53 Å². The number of carbonyl (C=O) groups excluding carboxylic acids is 1. The van der Waals surface area contributed by atoms with Crippen molar-refractivity contribution in [2.45, 2.75) is 31.3 Å². The molecule has 5 nitrogen and oxygen atoms in total. The number of likely N-dealkylation sites (tertiary alicyclic amines) is 1. The van der Waals surface area contributed by atoms with E-state index in [1.807, 2.05) is 0 Å². The number of halogens is 2. The fraction of sp³-hybridized carbons (Fsp3) is 0.929. The van der Waals surface area contributed by atoms with Gasteiger partial charge in [-0.3, -0.25) is 4.79 Å². The van der Waals surface area contributed by atoms with Crippen LogP contribution in [0.3, 0.4) is 0 Å². The lowest BCUT2D eigenvalue weighted by Gasteiger charge is -2.36. The van der Waals surface area contributed by atoms with Gasteiger partial charge in [0.2, 0.25) is 0 Å². The first-order valence-corrected chi connectivity index (χ1v) is 7.39. The number of nitrogens with zero attached hydrogens (tertiary/aromatic N) is 1. The number of rotatable bonds is 4. The smallest absolute Gasteiger partial charge is 0.252 e. The molecule has 0 aromatic carbocycles. The lowest BCUT2D eigenvalue weighted by molar-refractivity contribution is -0.147. The van der Waals surface area contributed by atoms with Crippen LogP contribution < -0.4 is 10.6 Å². The molecule has 0 spiro atoms. The zero-order chi connectivity index (χ0) is 13.7. The van der Waals surface area contributed by atoms with E-state index in [4.69, 9.17) is 4.74 Å². The molecule has 2 aliphatic heterocycles. The Hall–Kier alpha value is -0.0700. The molecular weight excluding hydrogens is 313 g/mol. The van der Waals surface area contributed by atoms with Crippen molar-refractivity contribution in [2.75, 3.05) is 46.9 Å². The van der Waals surface area contributed by atoms with Gasteiger partial charge in [0.15, 0.2) is 0 Å². The van der Waals surface area contributed by atoms with E-state index in [0.717, 1.165) is 45.6 Å². The van der Waals surface area contributed by atoms with Crippen LogP contribution in [0.15, 0.2) is 0 Å². The first-order valence-electron chi connectivity index (χ1n) is 7.39. The highest BCUT2D eigenvalue weighted by Crippen LogP contribution is 2.23. The van der Waals surface area contributed by atoms with Crippen LogP contribution in [0.4, 0.5) is 0 Å². The SMILES string of the molecule is COC1(C(=O)NCC2CCN(C)CC2)CCNCC1.Cl.Cl. The largest absolute Gasteiger partial charge is 0.368 e. The summed E-state index contributed by atoms with van der Waals surface area (Å²) < 4.78 is 5.54. The molecule has 2 saturated heterocycles. The topological polar surface area (TPSA) is 53.6 Å². The van der Waals surface area contributed by atoms with Gasteiger partial charge in [0.25, 0.3) is 5.91 Å². The normalized spacial score (nSPS) is 22.8. The number of methoxy groups -OCH3 is 1. The molecule has 0 radical (unpaired) electrons. The van der Waals surface area contributed by atoms with Crippen molar-refractivity contribution in [3.05, 3.63) is 0 Å². The number of hydrogen-bond acceptors (Lipinski definition) is 4. The lowest BCUT2D eigenvalue weighted by atomic mass is 9.90. The average Bonchev–Trinajstić information content (AvgIpc) is 2.47. The summed E-state index contributed by atoms with van der Waals surface area (Å²) in [7, 11) is 3.81. The molecule has 1 amide bonds. The van der Waals surface area contributed by atoms with Crippen LogP contribution >= 0.6 is 24.8 Å². The van der Waals surface area contributed by atoms with Crippen molar-refractivity contribution in [2.24, 2.45) is 5.92 Å². The van der Waals surface area contributed by atoms with E-state index in [1.54, 1.807) is 7.11 Å². The van der Waals surface area contributed by atoms with E-state index in [2.05, 4.69) is 22.6 Å². The summed E-state index contributed by atoms with van der Waals surface area (Å²) in [5, 5.41) is 6.39. The van der Waals surface area contributed by atoms with Gasteiger partial charge in [-0.15, -0.1) is 24.8 Å². The predicted octanol–water partition coefficient (Wildman–Crippen LogP) is 1.06. The molecule has 2 rings (SSSR count). The van der Waals surface area contributed by atoms with Gasteiger partial charge in [-0.2, -0.15) is 0 Å². The van der Waals surface area contributed by atoms with Gasteiger partial charge in [0.05, 0.1) is 0 Å². The van der Waals surface area contributed by atoms with Gasteiger partial charge in [-0.1, -0.05) is 0 Å². The van der Waals surface area contributed by atoms with Crippen LogP contribution in [-0.2, 0) is 9.53 Å². The Morgan fingerprint density at radius 2 is 1.86 bits per heavy atom. The molecule has 0 unspecified atom stereocenters. The standard InChI is InChI=1S/C14H27N3O2.2ClH/c1-17-9-3-12(4-10-17)11-16-13(18)14(19-2)5-7-15-8-6-14;;/h12,15H,3-11H2,1-2H3,(H,16,18);2*1H. The summed E-state index contributed by atoms with van der Waals surface area (Å²) >= 11 is 0. The Balaban J connectivity index is 0.00000200. The summed E-state index contributed by atoms with van der Waals surface area (Å²) in [4.78, 5) is 14.7. The Bertz CT molecular complexity index is 305. The zero-order valence-electron chi connectivity index (χ0n) is 13.0. The maximum atomic E-state index is 12.4. The van der Waals surface area contributed by atoms with Crippen LogP contribution in [-0.4, -0.2) is 63.3 Å². The minimum absolute atomic E-state index is 0. The summed E-state index contributed by atoms with van der Waals surface area (Å²) in [5.74, 6) is 0.700. The van der Waals surface area contributed by atoms with E-state index >= 15 is 0 Å². The van der Waals surface area contributed by atoms with Crippen molar-refractivity contribution in [1.29, 1.82) is 0 Å². The monoisotopic (exact) mass is 341 g/mol. The lowest BCUT2D eigenvalue weighted by Crippen LogP contribution is -2.55. The highest BCUT2D eigenvalue weighted by atomic mass is 35.5. The summed E-state index contributed by atoms with van der Waals surface area (Å²) in [6.07, 6.45) is 3.89. The molecule has 2 heterocycles. The Morgan fingerprint density at radius 1 is 1.29 bits per heavy atom. The van der Waals surface area contributed by atoms with Gasteiger partial charge in [0.1, 0.15) is 5.60 Å². The maximum absolute atomic E-state index is 12.4. The molecule has 0 bridgehead atoms. The van der Waals surface area contributed by atoms with E-state index in [1.165, 1.54) is 12.8 Å². The first kappa shape index (κ1) is 20.9. The molecule has 126 valence electrons. The molecule has 0 aromatic heterocycles. The number of nitrogens with one attached hydrogen (secondary N) is 2. The molecule has 7 heteroatoms. The molecule has 2 aliphatic rings. The second-order valence-corrected chi connectivity index (χ2v) is 5.91. The van der Waals surface area contributed by atoms with Crippen LogP contribution in [0.5, 0.6) is 0 Å². The predicted molar refractivity (Wildman–Crippen MR) is 89.6 cm³/mol. The van der Waals surface area contributed by atoms with Crippen molar-refractivity contribution in [3.8, 4) is 0 Å². The molecule has 2 N–H and O–H groups in total. The van der Waals surface area contributed by atoms with Gasteiger partial charge in [-0.05, 0) is 64.8 Å². The Morgan fingerprint density at radius 3 is 2.38 bits per heavy atom. The van der Waals surface area contributed by atoms with Crippen LogP contribution in [0.1, 0.15) is 25.7 Å². The third kappa shape index (κ3) is 5.57. The minimum atomic E-state index is -0.600. The quantitative estimate of drug-likeness (QED) is 0.802. The fourth-order valence-electron chi connectivity index (χ4n) is 3.02. The first-order chi connectivity index (χ1) is 9.16. The van der Waals surface area contributed by atoms with Gasteiger partial charge in [-0.25, -0.2) is 0 Å². The second kappa shape index (κ2) is 9.85. The fourth-order valence-corrected chi connectivity index (χ4v) is 3.02. The van der Waals surface area contributed by atoms with Crippen LogP contribution in [0, 0.1) is 5.92 Å². The Labute approximate surface area is 140 Å². The molecule has 0 atom stereocenters. The third-order valence-corrected chi connectivity index (χ3v) is 4.61. The number of piperidine rings is 2. The van der Waals surface area contributed by atoms with Crippen molar-refractivity contribution in [1.82, 2.24) is 15.5 Å². The molecular formula is C14H29Cl2N3O2. The molecule has 0 aromatic rings. The maximum Gasteiger partial charge on any atom is 0.252 e. The van der Waals surface area contributed by atoms with Gasteiger partial charge >= 0.3 is 0 Å². The summed E-state index contributed by atoms with van der Waals surface area (Å²) in [5.41, 5.74) is -0.600. The van der Waals surface area contributed by atoms with E-state index < -0.39 is 5.60 Å². The van der Waals surface area contributed by atoms with E-state index in [-0.39, 0.29) is 30.7 Å². The number of carbonyl (C=O) groups is 1. The summed E-state index contributed by atoms with van der Waals surface area (Å²) in [6, 6.07) is 0. The molecule has 21 heavy (non-hydrogen) atoms. The Kier molecular flexibility index (Phi) is 9.81. The summed E-state index contributed by atoms with van der Waals surface area (Å²) in [6.45, 7) is 4.79. The minimum Gasteiger partial charge on any atom is -0.368 e. The molecule has 0 aliphatic carbocycles. The number of amides is 1.